The van der Waals surface area contributed by atoms with E-state index in [0.717, 1.165) is 6.29 Å². The van der Waals surface area contributed by atoms with E-state index in [-0.39, 0.29) is 5.56 Å². The minimum atomic E-state index is -1.08. The van der Waals surface area contributed by atoms with E-state index in [0.29, 0.717) is 12.4 Å². The van der Waals surface area contributed by atoms with E-state index in [1.54, 1.807) is 12.1 Å². The summed E-state index contributed by atoms with van der Waals surface area (Å²) in [6.45, 7) is 2.38. The van der Waals surface area contributed by atoms with Crippen molar-refractivity contribution in [2.75, 3.05) is 6.61 Å². The van der Waals surface area contributed by atoms with E-state index in [1.807, 2.05) is 12.2 Å². The maximum atomic E-state index is 11.3. The largest absolute Gasteiger partial charge is 0.494 e. The molecule has 1 N–H and O–H groups in total. The number of imide groups is 1. The zero-order valence-corrected chi connectivity index (χ0v) is 8.65. The third kappa shape index (κ3) is 3.20. The average molecular weight is 220 g/mol. The molecule has 5 heteroatoms. The van der Waals surface area contributed by atoms with Gasteiger partial charge in [-0.05, 0) is 31.2 Å². The Morgan fingerprint density at radius 3 is 2.44 bits per heavy atom. The monoisotopic (exact) mass is 220 g/mol. The second-order valence-corrected chi connectivity index (χ2v) is 2.84. The summed E-state index contributed by atoms with van der Waals surface area (Å²) < 4.78 is 5.18. The molecule has 0 saturated carbocycles. The maximum Gasteiger partial charge on any atom is 0.303 e. The molecule has 1 aromatic rings. The summed E-state index contributed by atoms with van der Waals surface area (Å²) in [7, 11) is 0. The minimum absolute atomic E-state index is 0.270. The van der Waals surface area contributed by atoms with Crippen molar-refractivity contribution in [1.82, 2.24) is 5.32 Å². The zero-order chi connectivity index (χ0) is 12.0. The normalized spacial score (nSPS) is 9.31. The van der Waals surface area contributed by atoms with Crippen LogP contribution in [-0.2, 0) is 9.59 Å². The molecule has 83 valence electrons. The molecular weight excluding hydrogens is 210 g/mol. The molecule has 0 heterocycles. The number of amides is 2. The molecule has 0 aromatic heterocycles. The lowest BCUT2D eigenvalue weighted by molar-refractivity contribution is -0.114. The van der Waals surface area contributed by atoms with Crippen molar-refractivity contribution in [2.45, 2.75) is 6.92 Å². The number of nitrogens with one attached hydrogen (secondary N) is 1. The first-order chi connectivity index (χ1) is 7.67. The minimum Gasteiger partial charge on any atom is -0.494 e. The number of carbonyl (C=O) groups excluding carboxylic acids is 3. The van der Waals surface area contributed by atoms with Crippen molar-refractivity contribution >= 4 is 18.1 Å². The highest BCUT2D eigenvalue weighted by Gasteiger charge is 2.09. The third-order valence-electron chi connectivity index (χ3n) is 1.75. The van der Waals surface area contributed by atoms with Gasteiger partial charge in [0.15, 0.2) is 0 Å². The molecule has 1 rings (SSSR count). The van der Waals surface area contributed by atoms with Crippen LogP contribution in [0.15, 0.2) is 24.3 Å². The SMILES string of the molecule is CCOc1ccc(C(=O)NC(=O)[C]=O)cc1. The van der Waals surface area contributed by atoms with Gasteiger partial charge in [0.05, 0.1) is 6.61 Å². The Kier molecular flexibility index (Phi) is 4.20. The summed E-state index contributed by atoms with van der Waals surface area (Å²) in [5, 5.41) is 1.86. The van der Waals surface area contributed by atoms with Gasteiger partial charge in [0, 0.05) is 5.56 Å². The van der Waals surface area contributed by atoms with E-state index in [4.69, 9.17) is 4.74 Å². The molecule has 0 aliphatic rings. The van der Waals surface area contributed by atoms with Crippen molar-refractivity contribution in [3.8, 4) is 5.75 Å². The summed E-state index contributed by atoms with van der Waals surface area (Å²) >= 11 is 0. The van der Waals surface area contributed by atoms with Crippen molar-refractivity contribution in [1.29, 1.82) is 0 Å². The van der Waals surface area contributed by atoms with E-state index >= 15 is 0 Å². The Morgan fingerprint density at radius 1 is 1.31 bits per heavy atom. The Morgan fingerprint density at radius 2 is 1.94 bits per heavy atom. The summed E-state index contributed by atoms with van der Waals surface area (Å²) in [4.78, 5) is 31.8. The lowest BCUT2D eigenvalue weighted by Crippen LogP contribution is -2.30. The van der Waals surface area contributed by atoms with Crippen LogP contribution >= 0.6 is 0 Å². The predicted octanol–water partition coefficient (Wildman–Crippen LogP) is 0.451. The topological polar surface area (TPSA) is 72.5 Å². The first-order valence-electron chi connectivity index (χ1n) is 4.63. The average Bonchev–Trinajstić information content (AvgIpc) is 2.30. The van der Waals surface area contributed by atoms with Gasteiger partial charge in [0.2, 0.25) is 0 Å². The van der Waals surface area contributed by atoms with Crippen LogP contribution in [0.5, 0.6) is 5.75 Å². The first-order valence-corrected chi connectivity index (χ1v) is 4.63. The van der Waals surface area contributed by atoms with Crippen molar-refractivity contribution in [3.05, 3.63) is 29.8 Å². The molecule has 0 aliphatic carbocycles. The smallest absolute Gasteiger partial charge is 0.303 e. The second-order valence-electron chi connectivity index (χ2n) is 2.84. The Balaban J connectivity index is 2.70. The maximum absolute atomic E-state index is 11.3. The highest BCUT2D eigenvalue weighted by atomic mass is 16.5. The second kappa shape index (κ2) is 5.65. The van der Waals surface area contributed by atoms with Gasteiger partial charge in [-0.3, -0.25) is 19.7 Å². The molecule has 0 spiro atoms. The van der Waals surface area contributed by atoms with Gasteiger partial charge in [-0.25, -0.2) is 0 Å². The van der Waals surface area contributed by atoms with Crippen LogP contribution in [0.25, 0.3) is 0 Å². The highest BCUT2D eigenvalue weighted by Crippen LogP contribution is 2.11. The molecule has 5 nitrogen and oxygen atoms in total. The molecule has 2 amide bonds. The van der Waals surface area contributed by atoms with Crippen molar-refractivity contribution in [3.63, 3.8) is 0 Å². The van der Waals surface area contributed by atoms with E-state index < -0.39 is 11.8 Å². The fourth-order valence-electron chi connectivity index (χ4n) is 1.07. The van der Waals surface area contributed by atoms with Gasteiger partial charge in [0.25, 0.3) is 12.2 Å². The van der Waals surface area contributed by atoms with Crippen molar-refractivity contribution in [2.24, 2.45) is 0 Å². The quantitative estimate of drug-likeness (QED) is 0.748. The number of carbonyl (C=O) groups is 2. The van der Waals surface area contributed by atoms with Crippen LogP contribution < -0.4 is 10.1 Å². The van der Waals surface area contributed by atoms with Gasteiger partial charge in [-0.15, -0.1) is 0 Å². The molecule has 16 heavy (non-hydrogen) atoms. The number of rotatable bonds is 4. The molecule has 1 radical (unpaired) electrons. The molecular formula is C11H10NO4. The van der Waals surface area contributed by atoms with Gasteiger partial charge in [-0.1, -0.05) is 0 Å². The standard InChI is InChI=1S/C11H10NO4/c1-2-16-9-5-3-8(4-6-9)11(15)12-10(14)7-13/h3-6H,2H2,1H3,(H,12,14,15). The Labute approximate surface area is 92.4 Å². The Bertz CT molecular complexity index is 397. The summed E-state index contributed by atoms with van der Waals surface area (Å²) in [6.07, 6.45) is 1.05. The van der Waals surface area contributed by atoms with Gasteiger partial charge in [0.1, 0.15) is 5.75 Å². The number of hydrogen-bond acceptors (Lipinski definition) is 4. The summed E-state index contributed by atoms with van der Waals surface area (Å²) in [5.74, 6) is -1.09. The van der Waals surface area contributed by atoms with Crippen LogP contribution in [0.2, 0.25) is 0 Å². The fourth-order valence-corrected chi connectivity index (χ4v) is 1.07. The van der Waals surface area contributed by atoms with E-state index in [2.05, 4.69) is 0 Å². The molecule has 0 aliphatic heterocycles. The summed E-state index contributed by atoms with van der Waals surface area (Å²) in [5.41, 5.74) is 0.270. The van der Waals surface area contributed by atoms with Crippen LogP contribution in [0.4, 0.5) is 0 Å². The molecule has 0 bridgehead atoms. The van der Waals surface area contributed by atoms with Crippen LogP contribution in [-0.4, -0.2) is 24.7 Å². The van der Waals surface area contributed by atoms with E-state index in [1.165, 1.54) is 12.1 Å². The molecule has 0 unspecified atom stereocenters. The number of benzene rings is 1. The van der Waals surface area contributed by atoms with Gasteiger partial charge >= 0.3 is 5.91 Å². The van der Waals surface area contributed by atoms with E-state index in [9.17, 15) is 14.4 Å². The molecule has 0 fully saturated rings. The third-order valence-corrected chi connectivity index (χ3v) is 1.75. The zero-order valence-electron chi connectivity index (χ0n) is 8.65. The summed E-state index contributed by atoms with van der Waals surface area (Å²) in [6, 6.07) is 6.21. The Hall–Kier alpha value is -2.17. The van der Waals surface area contributed by atoms with Crippen LogP contribution in [0, 0.1) is 0 Å². The lowest BCUT2D eigenvalue weighted by Gasteiger charge is -2.03. The number of ether oxygens (including phenoxy) is 1. The van der Waals surface area contributed by atoms with Gasteiger partial charge in [-0.2, -0.15) is 0 Å². The lowest BCUT2D eigenvalue weighted by atomic mass is 10.2. The van der Waals surface area contributed by atoms with Crippen LogP contribution in [0.1, 0.15) is 17.3 Å². The van der Waals surface area contributed by atoms with Crippen LogP contribution in [0.3, 0.4) is 0 Å². The molecule has 1 aromatic carbocycles. The highest BCUT2D eigenvalue weighted by molar-refractivity contribution is 6.29. The van der Waals surface area contributed by atoms with Gasteiger partial charge < -0.3 is 4.74 Å². The molecule has 0 atom stereocenters. The fraction of sp³-hybridized carbons (Fsp3) is 0.182. The number of hydrogen-bond donors (Lipinski definition) is 1. The predicted molar refractivity (Wildman–Crippen MR) is 55.8 cm³/mol. The van der Waals surface area contributed by atoms with Crippen molar-refractivity contribution < 1.29 is 19.1 Å². The first kappa shape index (κ1) is 11.9. The molecule has 0 saturated heterocycles.